The van der Waals surface area contributed by atoms with Gasteiger partial charge >= 0.3 is 11.9 Å². The summed E-state index contributed by atoms with van der Waals surface area (Å²) in [5.74, 6) is -2.44. The molecule has 54 heavy (non-hydrogen) atoms. The standard InChI is InChI=1S/C45H76N2O7/c1-3-5-7-9-11-13-15-16-17-18-20-22-24-29-33-37-44(51)54-40(34-30-26-23-21-19-14-12-10-8-6-4-2)35-31-27-25-28-32-36-42(49)46-38-43(50)47-41(39-48)45(52)53/h5,7,11,13,16-17,20,22,29,33,40-41,48H,3-4,6,8-10,12,14-15,18-19,21,23-28,30-32,34-39H2,1-2H3,(H,46,49)(H,47,50)(H,52,53)/b7-5-,13-11-,17-16-,22-20-,33-29-. The normalized spacial score (nSPS) is 13.1. The Labute approximate surface area is 328 Å². The molecule has 0 aliphatic rings. The lowest BCUT2D eigenvalue weighted by Gasteiger charge is -2.18. The van der Waals surface area contributed by atoms with Gasteiger partial charge < -0.3 is 25.6 Å². The number of carbonyl (C=O) groups is 4. The number of esters is 1. The van der Waals surface area contributed by atoms with Crippen LogP contribution in [0.3, 0.4) is 0 Å². The van der Waals surface area contributed by atoms with E-state index in [0.717, 1.165) is 77.0 Å². The summed E-state index contributed by atoms with van der Waals surface area (Å²) in [7, 11) is 0. The summed E-state index contributed by atoms with van der Waals surface area (Å²) < 4.78 is 5.95. The van der Waals surface area contributed by atoms with Crippen molar-refractivity contribution in [1.82, 2.24) is 10.6 Å². The van der Waals surface area contributed by atoms with Crippen LogP contribution in [0.1, 0.15) is 174 Å². The molecule has 0 saturated heterocycles. The second-order valence-electron chi connectivity index (χ2n) is 14.1. The van der Waals surface area contributed by atoms with E-state index in [1.165, 1.54) is 64.2 Å². The summed E-state index contributed by atoms with van der Waals surface area (Å²) in [6.45, 7) is 3.34. The molecule has 9 nitrogen and oxygen atoms in total. The number of rotatable bonds is 37. The van der Waals surface area contributed by atoms with Gasteiger partial charge in [-0.1, -0.05) is 158 Å². The highest BCUT2D eigenvalue weighted by molar-refractivity contribution is 5.87. The molecule has 0 spiro atoms. The molecule has 4 N–H and O–H groups in total. The average molecular weight is 757 g/mol. The molecular formula is C45H76N2O7. The van der Waals surface area contributed by atoms with Gasteiger partial charge in [-0.15, -0.1) is 0 Å². The maximum absolute atomic E-state index is 12.7. The zero-order chi connectivity index (χ0) is 39.7. The van der Waals surface area contributed by atoms with Gasteiger partial charge in [0, 0.05) is 6.42 Å². The van der Waals surface area contributed by atoms with Crippen LogP contribution in [0.4, 0.5) is 0 Å². The molecule has 2 amide bonds. The van der Waals surface area contributed by atoms with Crippen LogP contribution < -0.4 is 10.6 Å². The van der Waals surface area contributed by atoms with Gasteiger partial charge in [0.2, 0.25) is 11.8 Å². The fourth-order valence-corrected chi connectivity index (χ4v) is 5.85. The highest BCUT2D eigenvalue weighted by Crippen LogP contribution is 2.18. The van der Waals surface area contributed by atoms with Crippen molar-refractivity contribution >= 4 is 23.8 Å². The van der Waals surface area contributed by atoms with Crippen LogP contribution in [-0.2, 0) is 23.9 Å². The molecule has 0 aliphatic heterocycles. The van der Waals surface area contributed by atoms with E-state index < -0.39 is 24.5 Å². The number of allylic oxidation sites excluding steroid dienone is 9. The highest BCUT2D eigenvalue weighted by Gasteiger charge is 2.19. The molecule has 308 valence electrons. The summed E-state index contributed by atoms with van der Waals surface area (Å²) in [6.07, 6.45) is 46.9. The third-order valence-electron chi connectivity index (χ3n) is 9.06. The monoisotopic (exact) mass is 757 g/mol. The summed E-state index contributed by atoms with van der Waals surface area (Å²) in [6, 6.07) is -1.39. The van der Waals surface area contributed by atoms with Gasteiger partial charge in [-0.3, -0.25) is 14.4 Å². The molecule has 0 radical (unpaired) electrons. The second kappa shape index (κ2) is 39.2. The SMILES string of the molecule is CC/C=C\C/C=C\C/C=C\C/C=C\C/C=C\CC(=O)OC(CCCCCCCCCCCCC)CCCCCCCC(=O)NCC(=O)NC(CO)C(=O)O. The second-order valence-corrected chi connectivity index (χ2v) is 14.1. The third-order valence-corrected chi connectivity index (χ3v) is 9.06. The van der Waals surface area contributed by atoms with Crippen molar-refractivity contribution in [1.29, 1.82) is 0 Å². The van der Waals surface area contributed by atoms with Gasteiger partial charge in [0.1, 0.15) is 12.1 Å². The molecule has 0 aliphatic carbocycles. The number of amides is 2. The Kier molecular flexibility index (Phi) is 36.7. The minimum atomic E-state index is -1.39. The van der Waals surface area contributed by atoms with Crippen LogP contribution in [0, 0.1) is 0 Å². The van der Waals surface area contributed by atoms with E-state index in [1.54, 1.807) is 0 Å². The molecule has 0 rings (SSSR count). The Bertz CT molecular complexity index is 1100. The Morgan fingerprint density at radius 1 is 0.574 bits per heavy atom. The molecule has 9 heteroatoms. The fourth-order valence-electron chi connectivity index (χ4n) is 5.85. The molecular weight excluding hydrogens is 681 g/mol. The predicted octanol–water partition coefficient (Wildman–Crippen LogP) is 10.1. The van der Waals surface area contributed by atoms with Crippen molar-refractivity contribution < 1.29 is 34.1 Å². The van der Waals surface area contributed by atoms with Crippen LogP contribution in [0.2, 0.25) is 0 Å². The van der Waals surface area contributed by atoms with Crippen molar-refractivity contribution in [2.24, 2.45) is 0 Å². The van der Waals surface area contributed by atoms with E-state index in [0.29, 0.717) is 6.42 Å². The van der Waals surface area contributed by atoms with Crippen LogP contribution in [-0.4, -0.2) is 59.3 Å². The number of carbonyl (C=O) groups excluding carboxylic acids is 3. The Balaban J connectivity index is 4.45. The first-order valence-electron chi connectivity index (χ1n) is 21.2. The van der Waals surface area contributed by atoms with Crippen LogP contribution in [0.15, 0.2) is 60.8 Å². The molecule has 0 heterocycles. The van der Waals surface area contributed by atoms with E-state index in [4.69, 9.17) is 14.9 Å². The summed E-state index contributed by atoms with van der Waals surface area (Å²) in [5.41, 5.74) is 0. The number of aliphatic hydroxyl groups excluding tert-OH is 1. The Morgan fingerprint density at radius 3 is 1.48 bits per heavy atom. The first kappa shape index (κ1) is 50.5. The summed E-state index contributed by atoms with van der Waals surface area (Å²) >= 11 is 0. The molecule has 0 fully saturated rings. The van der Waals surface area contributed by atoms with Crippen LogP contribution in [0.5, 0.6) is 0 Å². The Hall–Kier alpha value is -3.46. The Morgan fingerprint density at radius 2 is 1.02 bits per heavy atom. The van der Waals surface area contributed by atoms with Crippen LogP contribution in [0.25, 0.3) is 0 Å². The molecule has 0 saturated carbocycles. The number of aliphatic carboxylic acids is 1. The molecule has 2 atom stereocenters. The number of unbranched alkanes of at least 4 members (excludes halogenated alkanes) is 14. The van der Waals surface area contributed by atoms with E-state index in [9.17, 15) is 19.2 Å². The first-order chi connectivity index (χ1) is 26.3. The molecule has 0 aromatic heterocycles. The minimum absolute atomic E-state index is 0.0673. The van der Waals surface area contributed by atoms with Crippen molar-refractivity contribution in [3.63, 3.8) is 0 Å². The van der Waals surface area contributed by atoms with E-state index >= 15 is 0 Å². The lowest BCUT2D eigenvalue weighted by atomic mass is 10.0. The van der Waals surface area contributed by atoms with Gasteiger partial charge in [0.25, 0.3) is 0 Å². The van der Waals surface area contributed by atoms with Crippen molar-refractivity contribution in [3.8, 4) is 0 Å². The molecule has 0 aromatic rings. The number of hydrogen-bond donors (Lipinski definition) is 4. The van der Waals surface area contributed by atoms with Gasteiger partial charge in [-0.25, -0.2) is 4.79 Å². The largest absolute Gasteiger partial charge is 0.480 e. The van der Waals surface area contributed by atoms with Crippen molar-refractivity contribution in [2.45, 2.75) is 187 Å². The van der Waals surface area contributed by atoms with Crippen molar-refractivity contribution in [3.05, 3.63) is 60.8 Å². The minimum Gasteiger partial charge on any atom is -0.480 e. The maximum Gasteiger partial charge on any atom is 0.328 e. The van der Waals surface area contributed by atoms with E-state index in [-0.39, 0.29) is 37.4 Å². The lowest BCUT2D eigenvalue weighted by Crippen LogP contribution is -2.47. The number of carboxylic acid groups (broad SMARTS) is 1. The third kappa shape index (κ3) is 35.6. The highest BCUT2D eigenvalue weighted by atomic mass is 16.5. The smallest absolute Gasteiger partial charge is 0.328 e. The number of ether oxygens (including phenoxy) is 1. The van der Waals surface area contributed by atoms with E-state index in [1.807, 2.05) is 12.2 Å². The zero-order valence-corrected chi connectivity index (χ0v) is 34.0. The predicted molar refractivity (Wildman–Crippen MR) is 222 cm³/mol. The number of carboxylic acids is 1. The first-order valence-corrected chi connectivity index (χ1v) is 21.2. The topological polar surface area (TPSA) is 142 Å². The van der Waals surface area contributed by atoms with Crippen molar-refractivity contribution in [2.75, 3.05) is 13.2 Å². The van der Waals surface area contributed by atoms with Crippen LogP contribution >= 0.6 is 0 Å². The van der Waals surface area contributed by atoms with Gasteiger partial charge in [0.05, 0.1) is 19.6 Å². The van der Waals surface area contributed by atoms with Gasteiger partial charge in [-0.05, 0) is 64.2 Å². The lowest BCUT2D eigenvalue weighted by molar-refractivity contribution is -0.148. The average Bonchev–Trinajstić information content (AvgIpc) is 3.15. The van der Waals surface area contributed by atoms with E-state index in [2.05, 4.69) is 73.1 Å². The van der Waals surface area contributed by atoms with Gasteiger partial charge in [-0.2, -0.15) is 0 Å². The molecule has 0 bridgehead atoms. The fraction of sp³-hybridized carbons (Fsp3) is 0.689. The number of hydrogen-bond acceptors (Lipinski definition) is 6. The van der Waals surface area contributed by atoms with Gasteiger partial charge in [0.15, 0.2) is 0 Å². The summed E-state index contributed by atoms with van der Waals surface area (Å²) in [5, 5.41) is 22.5. The number of nitrogens with one attached hydrogen (secondary N) is 2. The number of aliphatic hydroxyl groups is 1. The summed E-state index contributed by atoms with van der Waals surface area (Å²) in [4.78, 5) is 47.5. The molecule has 2 unspecified atom stereocenters. The zero-order valence-electron chi connectivity index (χ0n) is 34.0. The molecule has 0 aromatic carbocycles. The maximum atomic E-state index is 12.7. The quantitative estimate of drug-likeness (QED) is 0.0281.